The zero-order valence-electron chi connectivity index (χ0n) is 21.3. The molecule has 0 radical (unpaired) electrons. The van der Waals surface area contributed by atoms with E-state index < -0.39 is 0 Å². The number of esters is 1. The van der Waals surface area contributed by atoms with Gasteiger partial charge in [0.25, 0.3) is 0 Å². The minimum Gasteiger partial charge on any atom is -0.462 e. The molecule has 4 fully saturated rings. The quantitative estimate of drug-likeness (QED) is 0.597. The lowest BCUT2D eigenvalue weighted by Crippen LogP contribution is -2.58. The summed E-state index contributed by atoms with van der Waals surface area (Å²) in [6, 6.07) is 10.4. The molecule has 6 rings (SSSR count). The van der Waals surface area contributed by atoms with Crippen molar-refractivity contribution in [1.82, 2.24) is 15.0 Å². The monoisotopic (exact) mass is 477 g/mol. The maximum atomic E-state index is 11.8. The van der Waals surface area contributed by atoms with Gasteiger partial charge in [0.05, 0.1) is 18.3 Å². The molecule has 6 heteroatoms. The van der Waals surface area contributed by atoms with Gasteiger partial charge in [0.15, 0.2) is 0 Å². The fourth-order valence-electron chi connectivity index (χ4n) is 9.21. The average Bonchev–Trinajstić information content (AvgIpc) is 3.45. The number of hydrogen-bond donors (Lipinski definition) is 1. The molecular formula is C29H39N3O3. The lowest BCUT2D eigenvalue weighted by Gasteiger charge is -2.62. The number of benzene rings is 1. The largest absolute Gasteiger partial charge is 0.462 e. The first kappa shape index (κ1) is 23.2. The number of aliphatic hydroxyl groups is 1. The Kier molecular flexibility index (Phi) is 5.59. The molecule has 4 aliphatic carbocycles. The number of nitrogens with zero attached hydrogens (tertiary/aromatic N) is 3. The van der Waals surface area contributed by atoms with Gasteiger partial charge in [0, 0.05) is 17.9 Å². The number of carbonyl (C=O) groups is 1. The molecule has 9 atom stereocenters. The van der Waals surface area contributed by atoms with Crippen LogP contribution in [-0.2, 0) is 9.53 Å². The molecule has 0 bridgehead atoms. The molecule has 2 aromatic rings. The molecule has 4 aliphatic rings. The number of hydrogen-bond acceptors (Lipinski definition) is 5. The molecule has 1 aromatic heterocycles. The van der Waals surface area contributed by atoms with Crippen LogP contribution in [0, 0.1) is 34.5 Å². The van der Waals surface area contributed by atoms with Crippen LogP contribution < -0.4 is 0 Å². The number of aliphatic hydroxyl groups excluding tert-OH is 1. The van der Waals surface area contributed by atoms with Crippen LogP contribution in [0.3, 0.4) is 0 Å². The zero-order chi connectivity index (χ0) is 24.4. The van der Waals surface area contributed by atoms with Crippen molar-refractivity contribution < 1.29 is 14.6 Å². The third kappa shape index (κ3) is 3.58. The fraction of sp³-hybridized carbons (Fsp3) is 0.690. The van der Waals surface area contributed by atoms with E-state index in [0.29, 0.717) is 23.7 Å². The van der Waals surface area contributed by atoms with E-state index in [0.717, 1.165) is 56.2 Å². The van der Waals surface area contributed by atoms with E-state index in [4.69, 9.17) is 4.74 Å². The first-order valence-corrected chi connectivity index (χ1v) is 13.6. The Morgan fingerprint density at radius 2 is 1.86 bits per heavy atom. The topological polar surface area (TPSA) is 77.2 Å². The molecule has 1 heterocycles. The number of rotatable bonds is 3. The Morgan fingerprint density at radius 3 is 2.63 bits per heavy atom. The maximum Gasteiger partial charge on any atom is 0.302 e. The van der Waals surface area contributed by atoms with Gasteiger partial charge in [-0.05, 0) is 80.5 Å². The van der Waals surface area contributed by atoms with Gasteiger partial charge in [-0.3, -0.25) is 4.79 Å². The van der Waals surface area contributed by atoms with Gasteiger partial charge in [-0.1, -0.05) is 49.4 Å². The summed E-state index contributed by atoms with van der Waals surface area (Å²) in [7, 11) is 0. The van der Waals surface area contributed by atoms with E-state index in [1.165, 1.54) is 6.42 Å². The maximum absolute atomic E-state index is 11.8. The van der Waals surface area contributed by atoms with Crippen LogP contribution >= 0.6 is 0 Å². The van der Waals surface area contributed by atoms with Crippen LogP contribution in [-0.4, -0.2) is 38.3 Å². The summed E-state index contributed by atoms with van der Waals surface area (Å²) in [5, 5.41) is 20.1. The van der Waals surface area contributed by atoms with Crippen molar-refractivity contribution in [2.75, 3.05) is 0 Å². The third-order valence-corrected chi connectivity index (χ3v) is 10.9. The molecule has 0 amide bonds. The molecule has 1 N–H and O–H groups in total. The van der Waals surface area contributed by atoms with Crippen molar-refractivity contribution in [3.63, 3.8) is 0 Å². The van der Waals surface area contributed by atoms with E-state index in [2.05, 4.69) is 47.2 Å². The summed E-state index contributed by atoms with van der Waals surface area (Å²) in [5.74, 6) is 2.20. The molecule has 0 unspecified atom stereocenters. The minimum atomic E-state index is -0.285. The standard InChI is InChI=1S/C29H39N3O3/c1-18(33)35-27-12-11-23-22-10-9-20-15-21(34)16-26(29(20,3)24(22)13-14-28(23,27)2)32-17-25(30-31-32)19-7-5-4-6-8-19/h4-8,17,20-24,26-27,34H,9-16H2,1-3H3/t20-,21+,22-,23-,24-,26-,27-,28-,29-/m0/s1. The predicted molar refractivity (Wildman–Crippen MR) is 133 cm³/mol. The molecule has 1 aromatic carbocycles. The van der Waals surface area contributed by atoms with E-state index in [1.54, 1.807) is 6.92 Å². The fourth-order valence-corrected chi connectivity index (χ4v) is 9.21. The molecule has 0 spiro atoms. The van der Waals surface area contributed by atoms with Gasteiger partial charge in [-0.2, -0.15) is 0 Å². The minimum absolute atomic E-state index is 0.0594. The lowest BCUT2D eigenvalue weighted by molar-refractivity contribution is -0.171. The van der Waals surface area contributed by atoms with E-state index in [9.17, 15) is 9.90 Å². The molecular weight excluding hydrogens is 438 g/mol. The Labute approximate surface area is 208 Å². The normalized spacial score (nSPS) is 42.6. The molecule has 35 heavy (non-hydrogen) atoms. The van der Waals surface area contributed by atoms with Crippen molar-refractivity contribution in [1.29, 1.82) is 0 Å². The van der Waals surface area contributed by atoms with Crippen LogP contribution in [0.2, 0.25) is 0 Å². The van der Waals surface area contributed by atoms with Gasteiger partial charge in [-0.25, -0.2) is 4.68 Å². The first-order valence-electron chi connectivity index (χ1n) is 13.6. The van der Waals surface area contributed by atoms with Crippen molar-refractivity contribution in [2.24, 2.45) is 34.5 Å². The number of aromatic nitrogens is 3. The van der Waals surface area contributed by atoms with Crippen LogP contribution in [0.15, 0.2) is 36.5 Å². The molecule has 0 saturated heterocycles. The van der Waals surface area contributed by atoms with Gasteiger partial charge in [0.2, 0.25) is 0 Å². The molecule has 6 nitrogen and oxygen atoms in total. The van der Waals surface area contributed by atoms with Crippen molar-refractivity contribution in [3.8, 4) is 11.3 Å². The van der Waals surface area contributed by atoms with Gasteiger partial charge < -0.3 is 9.84 Å². The van der Waals surface area contributed by atoms with E-state index in [-0.39, 0.29) is 35.0 Å². The Morgan fingerprint density at radius 1 is 1.06 bits per heavy atom. The molecule has 0 aliphatic heterocycles. The second-order valence-electron chi connectivity index (χ2n) is 12.3. The second-order valence-corrected chi connectivity index (χ2v) is 12.3. The first-order chi connectivity index (χ1) is 16.8. The SMILES string of the molecule is CC(=O)O[C@H]1CC[C@H]2[C@@H]3CC[C@H]4C[C@@H](O)C[C@H](n5cc(-c6ccccc6)nn5)[C@]4(C)[C@H]3CC[C@]12C. The smallest absolute Gasteiger partial charge is 0.302 e. The molecule has 188 valence electrons. The summed E-state index contributed by atoms with van der Waals surface area (Å²) in [6.45, 7) is 6.43. The van der Waals surface area contributed by atoms with Crippen LogP contribution in [0.4, 0.5) is 0 Å². The van der Waals surface area contributed by atoms with Crippen molar-refractivity contribution in [3.05, 3.63) is 36.5 Å². The zero-order valence-corrected chi connectivity index (χ0v) is 21.3. The van der Waals surface area contributed by atoms with Gasteiger partial charge in [0.1, 0.15) is 11.8 Å². The summed E-state index contributed by atoms with van der Waals surface area (Å²) in [6.07, 6.45) is 10.3. The number of ether oxygens (including phenoxy) is 1. The van der Waals surface area contributed by atoms with Gasteiger partial charge >= 0.3 is 5.97 Å². The van der Waals surface area contributed by atoms with E-state index >= 15 is 0 Å². The predicted octanol–water partition coefficient (Wildman–Crippen LogP) is 5.43. The Hall–Kier alpha value is -2.21. The Bertz CT molecular complexity index is 1090. The molecule has 4 saturated carbocycles. The number of carbonyl (C=O) groups excluding carboxylic acids is 1. The highest BCUT2D eigenvalue weighted by Crippen LogP contribution is 2.68. The second kappa shape index (κ2) is 8.43. The third-order valence-electron chi connectivity index (χ3n) is 10.9. The van der Waals surface area contributed by atoms with Gasteiger partial charge in [-0.15, -0.1) is 5.10 Å². The Balaban J connectivity index is 1.33. The average molecular weight is 478 g/mol. The highest BCUT2D eigenvalue weighted by molar-refractivity contribution is 5.66. The number of fused-ring (bicyclic) bond motifs is 5. The summed E-state index contributed by atoms with van der Waals surface area (Å²) in [5.41, 5.74) is 2.14. The van der Waals surface area contributed by atoms with Crippen molar-refractivity contribution in [2.45, 2.75) is 90.4 Å². The lowest BCUT2D eigenvalue weighted by atomic mass is 9.44. The highest BCUT2D eigenvalue weighted by atomic mass is 16.5. The summed E-state index contributed by atoms with van der Waals surface area (Å²) >= 11 is 0. The van der Waals surface area contributed by atoms with Crippen LogP contribution in [0.1, 0.15) is 78.2 Å². The highest BCUT2D eigenvalue weighted by Gasteiger charge is 2.63. The van der Waals surface area contributed by atoms with E-state index in [1.807, 2.05) is 18.2 Å². The van der Waals surface area contributed by atoms with Crippen LogP contribution in [0.5, 0.6) is 0 Å². The summed E-state index contributed by atoms with van der Waals surface area (Å²) < 4.78 is 7.94. The summed E-state index contributed by atoms with van der Waals surface area (Å²) in [4.78, 5) is 11.8. The van der Waals surface area contributed by atoms with Crippen LogP contribution in [0.25, 0.3) is 11.3 Å². The van der Waals surface area contributed by atoms with Crippen molar-refractivity contribution >= 4 is 5.97 Å².